The molecule has 2 heterocycles. The van der Waals surface area contributed by atoms with Gasteiger partial charge in [-0.1, -0.05) is 42.5 Å². The van der Waals surface area contributed by atoms with Gasteiger partial charge in [0.1, 0.15) is 11.5 Å². The van der Waals surface area contributed by atoms with Gasteiger partial charge in [-0.3, -0.25) is 9.48 Å². The van der Waals surface area contributed by atoms with E-state index in [-0.39, 0.29) is 60.9 Å². The van der Waals surface area contributed by atoms with Crippen molar-refractivity contribution in [1.82, 2.24) is 19.7 Å². The maximum atomic E-state index is 14.1. The number of nitrogens with one attached hydrogen (secondary N) is 1. The Kier molecular flexibility index (Phi) is 12.5. The van der Waals surface area contributed by atoms with Crippen molar-refractivity contribution in [3.8, 4) is 22.3 Å². The Labute approximate surface area is 279 Å². The number of halogens is 1. The summed E-state index contributed by atoms with van der Waals surface area (Å²) in [6, 6.07) is 17.3. The molecule has 4 aromatic rings. The predicted molar refractivity (Wildman–Crippen MR) is 159 cm³/mol. The molecule has 0 radical (unpaired) electrons. The molecule has 11 heteroatoms. The van der Waals surface area contributed by atoms with Crippen LogP contribution in [0.25, 0.3) is 22.3 Å². The summed E-state index contributed by atoms with van der Waals surface area (Å²) >= 11 is 0. The van der Waals surface area contributed by atoms with Gasteiger partial charge in [-0.2, -0.15) is 5.10 Å². The normalized spacial score (nSPS) is 12.5. The van der Waals surface area contributed by atoms with Gasteiger partial charge in [-0.25, -0.2) is 4.39 Å². The Morgan fingerprint density at radius 1 is 1.00 bits per heavy atom. The Hall–Kier alpha value is -3.28. The van der Waals surface area contributed by atoms with Gasteiger partial charge in [0.05, 0.1) is 24.4 Å². The van der Waals surface area contributed by atoms with Crippen LogP contribution < -0.4 is 40.0 Å². The van der Waals surface area contributed by atoms with Gasteiger partial charge in [0.25, 0.3) is 5.91 Å². The third kappa shape index (κ3) is 8.46. The molecule has 44 heavy (non-hydrogen) atoms. The first kappa shape index (κ1) is 35.2. The number of aliphatic hydroxyl groups excluding tert-OH is 2. The summed E-state index contributed by atoms with van der Waals surface area (Å²) < 4.78 is 17.7. The smallest absolute Gasteiger partial charge is 0.550 e. The molecule has 3 N–H and O–H groups in total. The minimum absolute atomic E-state index is 0. The van der Waals surface area contributed by atoms with Gasteiger partial charge in [-0.15, -0.1) is 0 Å². The number of carboxylic acids is 1. The number of carboxylic acid groups (broad SMARTS) is 1. The third-order valence-corrected chi connectivity index (χ3v) is 7.49. The number of hydrogen-bond donors (Lipinski definition) is 3. The van der Waals surface area contributed by atoms with E-state index in [9.17, 15) is 29.3 Å². The number of carbonyl (C=O) groups is 2. The second kappa shape index (κ2) is 15.6. The van der Waals surface area contributed by atoms with E-state index in [2.05, 4.69) is 10.4 Å². The molecular formula is C33H38FN4NaO5. The van der Waals surface area contributed by atoms with Crippen molar-refractivity contribution in [2.24, 2.45) is 7.05 Å². The average Bonchev–Trinajstić information content (AvgIpc) is 3.47. The van der Waals surface area contributed by atoms with E-state index >= 15 is 0 Å². The maximum absolute atomic E-state index is 14.1. The molecule has 0 saturated carbocycles. The molecule has 0 saturated heterocycles. The Morgan fingerprint density at radius 2 is 1.64 bits per heavy atom. The number of aryl methyl sites for hydroxylation is 2. The van der Waals surface area contributed by atoms with Crippen LogP contribution in [0.3, 0.4) is 0 Å². The fourth-order valence-corrected chi connectivity index (χ4v) is 5.48. The number of aromatic nitrogens is 3. The van der Waals surface area contributed by atoms with Crippen molar-refractivity contribution < 1.29 is 58.9 Å². The monoisotopic (exact) mass is 612 g/mol. The molecule has 0 fully saturated rings. The maximum Gasteiger partial charge on any atom is 1.00 e. The van der Waals surface area contributed by atoms with Crippen molar-refractivity contribution in [3.63, 3.8) is 0 Å². The van der Waals surface area contributed by atoms with Crippen LogP contribution in [0.2, 0.25) is 0 Å². The van der Waals surface area contributed by atoms with Crippen molar-refractivity contribution >= 4 is 11.9 Å². The zero-order valence-corrected chi connectivity index (χ0v) is 27.9. The number of benzene rings is 2. The van der Waals surface area contributed by atoms with Crippen LogP contribution in [0.4, 0.5) is 4.39 Å². The molecule has 0 spiro atoms. The first-order chi connectivity index (χ1) is 20.5. The summed E-state index contributed by atoms with van der Waals surface area (Å²) in [5, 5.41) is 39.2. The molecule has 4 rings (SSSR count). The third-order valence-electron chi connectivity index (χ3n) is 7.49. The summed E-state index contributed by atoms with van der Waals surface area (Å²) in [5.74, 6) is -2.10. The van der Waals surface area contributed by atoms with Gasteiger partial charge in [0.15, 0.2) is 0 Å². The SMILES string of the molecule is Cc1cc(CNC(=O)c2c(-c3ccccc3)c(-c3ccc(F)cc3)c(CC[C@@H](O)C[C@@H](O)CC(=O)[O-])n2C(C)C)nn1C.[Na+]. The minimum Gasteiger partial charge on any atom is -0.550 e. The molecule has 9 nitrogen and oxygen atoms in total. The largest absolute Gasteiger partial charge is 1.00 e. The topological polar surface area (TPSA) is 132 Å². The van der Waals surface area contributed by atoms with E-state index in [0.29, 0.717) is 23.2 Å². The van der Waals surface area contributed by atoms with Crippen LogP contribution in [0.5, 0.6) is 0 Å². The zero-order valence-electron chi connectivity index (χ0n) is 25.9. The Morgan fingerprint density at radius 3 is 2.20 bits per heavy atom. The zero-order chi connectivity index (χ0) is 31.3. The fraction of sp³-hybridized carbons (Fsp3) is 0.364. The predicted octanol–water partition coefficient (Wildman–Crippen LogP) is 0.703. The van der Waals surface area contributed by atoms with Crippen LogP contribution in [-0.2, 0) is 24.8 Å². The number of aliphatic carboxylic acids is 1. The Balaban J connectivity index is 0.00000529. The average molecular weight is 613 g/mol. The number of aliphatic hydroxyl groups is 2. The van der Waals surface area contributed by atoms with Crippen molar-refractivity contribution in [3.05, 3.63) is 89.3 Å². The first-order valence-electron chi connectivity index (χ1n) is 14.4. The van der Waals surface area contributed by atoms with E-state index in [1.807, 2.05) is 68.8 Å². The first-order valence-corrected chi connectivity index (χ1v) is 14.4. The standard InChI is InChI=1S/C33H39FN4O5.Na/c1-20(2)38-28(15-14-26(39)17-27(40)18-29(41)42)30(23-10-12-24(34)13-11-23)31(22-8-6-5-7-9-22)32(38)33(43)35-19-25-16-21(3)37(4)36-25;/h5-13,16,20,26-27,39-40H,14-15,17-19H2,1-4H3,(H,35,43)(H,41,42);/q;+1/p-1/t26-,27-;/m1./s1. The molecule has 2 aromatic carbocycles. The van der Waals surface area contributed by atoms with Crippen LogP contribution in [0, 0.1) is 12.7 Å². The van der Waals surface area contributed by atoms with Crippen molar-refractivity contribution in [2.45, 2.75) is 71.2 Å². The minimum atomic E-state index is -1.39. The van der Waals surface area contributed by atoms with Crippen molar-refractivity contribution in [1.29, 1.82) is 0 Å². The molecule has 0 aliphatic heterocycles. The molecule has 2 atom stereocenters. The van der Waals surface area contributed by atoms with Gasteiger partial charge in [-0.05, 0) is 69.4 Å². The van der Waals surface area contributed by atoms with E-state index in [1.54, 1.807) is 16.8 Å². The summed E-state index contributed by atoms with van der Waals surface area (Å²) in [7, 11) is 1.84. The second-order valence-electron chi connectivity index (χ2n) is 11.1. The Bertz CT molecular complexity index is 1550. The van der Waals surface area contributed by atoms with E-state index in [0.717, 1.165) is 28.2 Å². The number of rotatable bonds is 13. The summed E-state index contributed by atoms with van der Waals surface area (Å²) in [4.78, 5) is 25.0. The van der Waals surface area contributed by atoms with Gasteiger partial charge in [0, 0.05) is 48.0 Å². The summed E-state index contributed by atoms with van der Waals surface area (Å²) in [5.41, 5.74) is 5.78. The second-order valence-corrected chi connectivity index (χ2v) is 11.1. The van der Waals surface area contributed by atoms with E-state index < -0.39 is 30.4 Å². The van der Waals surface area contributed by atoms with Crippen LogP contribution in [0.1, 0.15) is 66.7 Å². The van der Waals surface area contributed by atoms with Gasteiger partial charge < -0.3 is 30.0 Å². The van der Waals surface area contributed by atoms with Crippen LogP contribution in [-0.4, -0.2) is 48.6 Å². The van der Waals surface area contributed by atoms with Crippen LogP contribution >= 0.6 is 0 Å². The summed E-state index contributed by atoms with van der Waals surface area (Å²) in [6.07, 6.45) is -2.46. The molecule has 228 valence electrons. The summed E-state index contributed by atoms with van der Waals surface area (Å²) in [6.45, 7) is 6.08. The molecule has 0 aliphatic rings. The quantitative estimate of drug-likeness (QED) is 0.191. The van der Waals surface area contributed by atoms with Gasteiger partial charge in [0.2, 0.25) is 0 Å². The number of hydrogen-bond acceptors (Lipinski definition) is 6. The van der Waals surface area contributed by atoms with Gasteiger partial charge >= 0.3 is 29.6 Å². The fourth-order valence-electron chi connectivity index (χ4n) is 5.48. The van der Waals surface area contributed by atoms with Crippen molar-refractivity contribution in [2.75, 3.05) is 0 Å². The molecule has 1 amide bonds. The van der Waals surface area contributed by atoms with E-state index in [1.165, 1.54) is 12.1 Å². The number of amides is 1. The van der Waals surface area contributed by atoms with E-state index in [4.69, 9.17) is 0 Å². The molecule has 2 aromatic heterocycles. The molecule has 0 unspecified atom stereocenters. The number of carbonyl (C=O) groups excluding carboxylic acids is 2. The molecule has 0 bridgehead atoms. The molecular weight excluding hydrogens is 574 g/mol. The van der Waals surface area contributed by atoms with Crippen LogP contribution in [0.15, 0.2) is 60.7 Å². The molecule has 0 aliphatic carbocycles. The number of nitrogens with zero attached hydrogens (tertiary/aromatic N) is 3.